The zero-order valence-corrected chi connectivity index (χ0v) is 15.4. The number of hydrogen-bond donors (Lipinski definition) is 0. The van der Waals surface area contributed by atoms with Crippen LogP contribution in [0.15, 0.2) is 34.9 Å². The van der Waals surface area contributed by atoms with Gasteiger partial charge in [0.2, 0.25) is 0 Å². The Morgan fingerprint density at radius 3 is 2.38 bits per heavy atom. The predicted octanol–water partition coefficient (Wildman–Crippen LogP) is 3.04. The molecule has 0 bridgehead atoms. The molecule has 0 aliphatic carbocycles. The number of fused-ring (bicyclic) bond motifs is 1. The zero-order chi connectivity index (χ0) is 18.3. The number of rotatable bonds is 2. The van der Waals surface area contributed by atoms with Gasteiger partial charge in [0.1, 0.15) is 11.3 Å². The molecule has 2 aromatic rings. The Kier molecular flexibility index (Phi) is 4.09. The van der Waals surface area contributed by atoms with Gasteiger partial charge in [0.05, 0.1) is 6.26 Å². The third kappa shape index (κ3) is 3.38. The van der Waals surface area contributed by atoms with Crippen molar-refractivity contribution in [3.8, 4) is 11.5 Å². The molecule has 2 fully saturated rings. The van der Waals surface area contributed by atoms with E-state index in [1.807, 2.05) is 49.9 Å². The second-order valence-corrected chi connectivity index (χ2v) is 8.06. The highest BCUT2D eigenvalue weighted by molar-refractivity contribution is 5.68. The number of carbonyl (C=O) groups excluding carboxylic acids is 1. The highest BCUT2D eigenvalue weighted by Gasteiger charge is 2.43. The maximum atomic E-state index is 12.3. The Morgan fingerprint density at radius 1 is 1.12 bits per heavy atom. The van der Waals surface area contributed by atoms with Crippen LogP contribution in [0.4, 0.5) is 10.6 Å². The fourth-order valence-electron chi connectivity index (χ4n) is 3.71. The van der Waals surface area contributed by atoms with Crippen LogP contribution in [0.25, 0.3) is 11.5 Å². The van der Waals surface area contributed by atoms with E-state index in [2.05, 4.69) is 15.1 Å². The van der Waals surface area contributed by atoms with Crippen LogP contribution >= 0.6 is 0 Å². The fraction of sp³-hybridized carbons (Fsp3) is 0.526. The Labute approximate surface area is 152 Å². The number of amides is 1. The molecular weight excluding hydrogens is 332 g/mol. The van der Waals surface area contributed by atoms with E-state index in [0.717, 1.165) is 43.5 Å². The van der Waals surface area contributed by atoms with E-state index in [4.69, 9.17) is 9.15 Å². The summed E-state index contributed by atoms with van der Waals surface area (Å²) < 4.78 is 10.8. The number of nitrogens with zero attached hydrogens (tertiary/aromatic N) is 4. The SMILES string of the molecule is CC(C)(C)OC(=O)N1C[C@@H]2CN(c3ccc(-c4ccco4)nn3)C[C@@H]2C1. The zero-order valence-electron chi connectivity index (χ0n) is 15.4. The van der Waals surface area contributed by atoms with E-state index in [1.54, 1.807) is 6.26 Å². The van der Waals surface area contributed by atoms with Gasteiger partial charge in [0.15, 0.2) is 11.6 Å². The second kappa shape index (κ2) is 6.30. The van der Waals surface area contributed by atoms with Crippen LogP contribution in [-0.4, -0.2) is 53.0 Å². The van der Waals surface area contributed by atoms with Crippen LogP contribution in [-0.2, 0) is 4.74 Å². The predicted molar refractivity (Wildman–Crippen MR) is 96.7 cm³/mol. The van der Waals surface area contributed by atoms with E-state index >= 15 is 0 Å². The maximum Gasteiger partial charge on any atom is 0.410 e. The van der Waals surface area contributed by atoms with Gasteiger partial charge in [-0.3, -0.25) is 0 Å². The van der Waals surface area contributed by atoms with Gasteiger partial charge in [0.25, 0.3) is 0 Å². The maximum absolute atomic E-state index is 12.3. The molecule has 2 aromatic heterocycles. The monoisotopic (exact) mass is 356 g/mol. The summed E-state index contributed by atoms with van der Waals surface area (Å²) in [6.07, 6.45) is 1.42. The minimum absolute atomic E-state index is 0.207. The molecule has 2 aliphatic heterocycles. The number of aromatic nitrogens is 2. The van der Waals surface area contributed by atoms with Crippen molar-refractivity contribution in [2.75, 3.05) is 31.1 Å². The number of likely N-dealkylation sites (tertiary alicyclic amines) is 1. The van der Waals surface area contributed by atoms with Crippen molar-refractivity contribution >= 4 is 11.9 Å². The standard InChI is InChI=1S/C19H24N4O3/c1-19(2,3)26-18(24)23-11-13-9-22(10-14(13)12-23)17-7-6-15(20-21-17)16-5-4-8-25-16/h4-8,13-14H,9-12H2,1-3H3/t13-,14+. The van der Waals surface area contributed by atoms with Crippen molar-refractivity contribution in [2.45, 2.75) is 26.4 Å². The Bertz CT molecular complexity index is 753. The molecule has 4 rings (SSSR count). The van der Waals surface area contributed by atoms with Crippen LogP contribution in [0.5, 0.6) is 0 Å². The third-order valence-electron chi connectivity index (χ3n) is 4.89. The van der Waals surface area contributed by atoms with Crippen molar-refractivity contribution in [3.05, 3.63) is 30.5 Å². The molecule has 2 saturated heterocycles. The molecule has 0 radical (unpaired) electrons. The minimum Gasteiger partial charge on any atom is -0.463 e. The number of anilines is 1. The first kappa shape index (κ1) is 16.9. The van der Waals surface area contributed by atoms with Crippen LogP contribution < -0.4 is 4.90 Å². The van der Waals surface area contributed by atoms with Gasteiger partial charge in [-0.1, -0.05) is 0 Å². The summed E-state index contributed by atoms with van der Waals surface area (Å²) in [6.45, 7) is 8.96. The summed E-state index contributed by atoms with van der Waals surface area (Å²) in [6, 6.07) is 7.62. The van der Waals surface area contributed by atoms with Gasteiger partial charge in [-0.25, -0.2) is 4.79 Å². The van der Waals surface area contributed by atoms with Crippen molar-refractivity contribution in [3.63, 3.8) is 0 Å². The Balaban J connectivity index is 1.37. The summed E-state index contributed by atoms with van der Waals surface area (Å²) in [5.74, 6) is 2.50. The summed E-state index contributed by atoms with van der Waals surface area (Å²) >= 11 is 0. The number of furan rings is 1. The molecule has 7 heteroatoms. The molecule has 0 unspecified atom stereocenters. The van der Waals surface area contributed by atoms with Crippen LogP contribution in [0.1, 0.15) is 20.8 Å². The number of carbonyl (C=O) groups is 1. The first-order valence-corrected chi connectivity index (χ1v) is 8.99. The molecule has 0 saturated carbocycles. The van der Waals surface area contributed by atoms with Crippen molar-refractivity contribution in [1.29, 1.82) is 0 Å². The highest BCUT2D eigenvalue weighted by Crippen LogP contribution is 2.34. The summed E-state index contributed by atoms with van der Waals surface area (Å²) in [5.41, 5.74) is 0.279. The van der Waals surface area contributed by atoms with Crippen molar-refractivity contribution in [2.24, 2.45) is 11.8 Å². The van der Waals surface area contributed by atoms with E-state index < -0.39 is 5.60 Å². The van der Waals surface area contributed by atoms with E-state index in [1.165, 1.54) is 0 Å². The summed E-state index contributed by atoms with van der Waals surface area (Å²) in [4.78, 5) is 16.3. The lowest BCUT2D eigenvalue weighted by Crippen LogP contribution is -2.37. The van der Waals surface area contributed by atoms with Crippen molar-refractivity contribution < 1.29 is 13.9 Å². The number of hydrogen-bond acceptors (Lipinski definition) is 6. The normalized spacial score (nSPS) is 22.6. The first-order valence-electron chi connectivity index (χ1n) is 8.99. The lowest BCUT2D eigenvalue weighted by Gasteiger charge is -2.26. The lowest BCUT2D eigenvalue weighted by atomic mass is 10.0. The molecule has 4 heterocycles. The van der Waals surface area contributed by atoms with Crippen molar-refractivity contribution in [1.82, 2.24) is 15.1 Å². The number of ether oxygens (including phenoxy) is 1. The van der Waals surface area contributed by atoms with Gasteiger partial charge >= 0.3 is 6.09 Å². The molecular formula is C19H24N4O3. The lowest BCUT2D eigenvalue weighted by molar-refractivity contribution is 0.0282. The summed E-state index contributed by atoms with van der Waals surface area (Å²) in [7, 11) is 0. The molecule has 0 aromatic carbocycles. The average molecular weight is 356 g/mol. The van der Waals surface area contributed by atoms with Crippen LogP contribution in [0, 0.1) is 11.8 Å². The molecule has 26 heavy (non-hydrogen) atoms. The molecule has 0 N–H and O–H groups in total. The Hall–Kier alpha value is -2.57. The van der Waals surface area contributed by atoms with Gasteiger partial charge in [-0.05, 0) is 45.0 Å². The molecule has 2 atom stereocenters. The van der Waals surface area contributed by atoms with Gasteiger partial charge in [-0.2, -0.15) is 0 Å². The van der Waals surface area contributed by atoms with Gasteiger partial charge in [-0.15, -0.1) is 10.2 Å². The smallest absolute Gasteiger partial charge is 0.410 e. The summed E-state index contributed by atoms with van der Waals surface area (Å²) in [5, 5.41) is 8.63. The largest absolute Gasteiger partial charge is 0.463 e. The first-order chi connectivity index (χ1) is 12.4. The quantitative estimate of drug-likeness (QED) is 0.824. The van der Waals surface area contributed by atoms with Gasteiger partial charge in [0, 0.05) is 38.0 Å². The molecule has 2 aliphatic rings. The van der Waals surface area contributed by atoms with E-state index in [-0.39, 0.29) is 6.09 Å². The average Bonchev–Trinajstić information content (AvgIpc) is 3.29. The van der Waals surface area contributed by atoms with Crippen LogP contribution in [0.3, 0.4) is 0 Å². The van der Waals surface area contributed by atoms with Gasteiger partial charge < -0.3 is 19.0 Å². The second-order valence-electron chi connectivity index (χ2n) is 8.06. The fourth-order valence-corrected chi connectivity index (χ4v) is 3.71. The third-order valence-corrected chi connectivity index (χ3v) is 4.89. The van der Waals surface area contributed by atoms with Crippen LogP contribution in [0.2, 0.25) is 0 Å². The molecule has 138 valence electrons. The molecule has 1 amide bonds. The Morgan fingerprint density at radius 2 is 1.85 bits per heavy atom. The van der Waals surface area contributed by atoms with E-state index in [0.29, 0.717) is 11.8 Å². The van der Waals surface area contributed by atoms with E-state index in [9.17, 15) is 4.79 Å². The minimum atomic E-state index is -0.452. The highest BCUT2D eigenvalue weighted by atomic mass is 16.6. The topological polar surface area (TPSA) is 71.7 Å². The molecule has 0 spiro atoms. The molecule has 7 nitrogen and oxygen atoms in total.